The molecule has 1 aromatic rings. The van der Waals surface area contributed by atoms with E-state index in [1.165, 1.54) is 6.20 Å². The zero-order valence-electron chi connectivity index (χ0n) is 9.18. The third kappa shape index (κ3) is 3.79. The second-order valence-electron chi connectivity index (χ2n) is 3.31. The molecule has 1 rings (SSSR count). The molecule has 88 valence electrons. The summed E-state index contributed by atoms with van der Waals surface area (Å²) < 4.78 is 0. The Labute approximate surface area is 93.8 Å². The number of nitrogens with one attached hydrogen (secondary N) is 1. The van der Waals surface area contributed by atoms with Crippen LogP contribution in [0.15, 0.2) is 12.4 Å². The Bertz CT molecular complexity index is 338. The van der Waals surface area contributed by atoms with Gasteiger partial charge in [-0.25, -0.2) is 10.8 Å². The predicted octanol–water partition coefficient (Wildman–Crippen LogP) is -0.931. The first-order valence-corrected chi connectivity index (χ1v) is 4.94. The monoisotopic (exact) mass is 224 g/mol. The van der Waals surface area contributed by atoms with E-state index in [1.807, 2.05) is 11.8 Å². The quantitative estimate of drug-likeness (QED) is 0.425. The number of carbonyl (C=O) groups excluding carboxylic acids is 1. The van der Waals surface area contributed by atoms with E-state index in [-0.39, 0.29) is 12.5 Å². The van der Waals surface area contributed by atoms with Crippen LogP contribution in [0.4, 0.5) is 5.82 Å². The van der Waals surface area contributed by atoms with Crippen LogP contribution >= 0.6 is 0 Å². The Balaban J connectivity index is 2.59. The van der Waals surface area contributed by atoms with Crippen molar-refractivity contribution < 1.29 is 4.79 Å². The van der Waals surface area contributed by atoms with Crippen molar-refractivity contribution >= 4 is 11.7 Å². The van der Waals surface area contributed by atoms with Crippen LogP contribution in [-0.2, 0) is 11.3 Å². The zero-order chi connectivity index (χ0) is 12.0. The highest BCUT2D eigenvalue weighted by molar-refractivity contribution is 5.75. The molecule has 5 N–H and O–H groups in total. The van der Waals surface area contributed by atoms with Gasteiger partial charge in [0.2, 0.25) is 5.91 Å². The number of nitrogen functional groups attached to an aromatic ring is 1. The molecule has 0 aliphatic heterocycles. The summed E-state index contributed by atoms with van der Waals surface area (Å²) in [7, 11) is 0. The number of likely N-dealkylation sites (N-methyl/N-ethyl adjacent to an activating group) is 1. The highest BCUT2D eigenvalue weighted by atomic mass is 16.1. The fourth-order valence-electron chi connectivity index (χ4n) is 1.24. The average molecular weight is 224 g/mol. The minimum atomic E-state index is -0.352. The number of nitrogens with zero attached hydrogens (tertiary/aromatic N) is 3. The van der Waals surface area contributed by atoms with Crippen LogP contribution in [0.5, 0.6) is 0 Å². The summed E-state index contributed by atoms with van der Waals surface area (Å²) in [5.41, 5.74) is 8.28. The van der Waals surface area contributed by atoms with Gasteiger partial charge in [-0.3, -0.25) is 14.7 Å². The summed E-state index contributed by atoms with van der Waals surface area (Å²) in [6.45, 7) is 3.43. The fourth-order valence-corrected chi connectivity index (χ4v) is 1.24. The Morgan fingerprint density at radius 1 is 1.50 bits per heavy atom. The number of amides is 1. The summed E-state index contributed by atoms with van der Waals surface area (Å²) in [6, 6.07) is 0. The van der Waals surface area contributed by atoms with Crippen molar-refractivity contribution in [1.29, 1.82) is 0 Å². The molecule has 0 radical (unpaired) electrons. The number of hydrogen-bond donors (Lipinski definition) is 3. The Morgan fingerprint density at radius 2 is 2.25 bits per heavy atom. The summed E-state index contributed by atoms with van der Waals surface area (Å²) in [4.78, 5) is 20.8. The van der Waals surface area contributed by atoms with E-state index in [0.29, 0.717) is 12.4 Å². The van der Waals surface area contributed by atoms with Crippen LogP contribution in [0.2, 0.25) is 0 Å². The van der Waals surface area contributed by atoms with Crippen molar-refractivity contribution in [3.8, 4) is 0 Å². The number of nitrogens with two attached hydrogens (primary N) is 2. The van der Waals surface area contributed by atoms with Crippen LogP contribution in [-0.4, -0.2) is 33.9 Å². The second-order valence-corrected chi connectivity index (χ2v) is 3.31. The summed E-state index contributed by atoms with van der Waals surface area (Å²) >= 11 is 0. The highest BCUT2D eigenvalue weighted by Gasteiger charge is 2.07. The van der Waals surface area contributed by atoms with Gasteiger partial charge in [0.15, 0.2) is 5.82 Å². The lowest BCUT2D eigenvalue weighted by Gasteiger charge is -2.17. The first-order valence-electron chi connectivity index (χ1n) is 4.94. The number of hydrazine groups is 1. The largest absolute Gasteiger partial charge is 0.369 e. The Hall–Kier alpha value is -1.73. The molecule has 1 amide bonds. The normalized spacial score (nSPS) is 10.4. The van der Waals surface area contributed by atoms with Gasteiger partial charge in [-0.05, 0) is 6.54 Å². The van der Waals surface area contributed by atoms with Crippen molar-refractivity contribution in [3.05, 3.63) is 18.1 Å². The van der Waals surface area contributed by atoms with Gasteiger partial charge in [-0.2, -0.15) is 0 Å². The lowest BCUT2D eigenvalue weighted by molar-refractivity contribution is -0.119. The molecule has 7 nitrogen and oxygen atoms in total. The molecule has 0 bridgehead atoms. The van der Waals surface area contributed by atoms with Crippen molar-refractivity contribution in [3.63, 3.8) is 0 Å². The van der Waals surface area contributed by atoms with Crippen LogP contribution in [0.3, 0.4) is 0 Å². The molecule has 0 saturated heterocycles. The maximum atomic E-state index is 10.8. The van der Waals surface area contributed by atoms with Gasteiger partial charge in [-0.15, -0.1) is 0 Å². The first kappa shape index (κ1) is 12.3. The number of aromatic nitrogens is 2. The average Bonchev–Trinajstić information content (AvgIpc) is 2.28. The molecular weight excluding hydrogens is 208 g/mol. The van der Waals surface area contributed by atoms with E-state index in [0.717, 1.165) is 12.2 Å². The Morgan fingerprint density at radius 3 is 2.69 bits per heavy atom. The second kappa shape index (κ2) is 5.99. The van der Waals surface area contributed by atoms with E-state index >= 15 is 0 Å². The van der Waals surface area contributed by atoms with Crippen molar-refractivity contribution in [1.82, 2.24) is 14.9 Å². The topological polar surface area (TPSA) is 110 Å². The van der Waals surface area contributed by atoms with Crippen molar-refractivity contribution in [2.75, 3.05) is 18.5 Å². The molecule has 0 aliphatic carbocycles. The molecule has 7 heteroatoms. The van der Waals surface area contributed by atoms with E-state index in [2.05, 4.69) is 15.4 Å². The van der Waals surface area contributed by atoms with Gasteiger partial charge < -0.3 is 11.2 Å². The minimum absolute atomic E-state index is 0.217. The van der Waals surface area contributed by atoms with Gasteiger partial charge in [0.1, 0.15) is 0 Å². The molecule has 1 aromatic heterocycles. The first-order chi connectivity index (χ1) is 7.65. The fraction of sp³-hybridized carbons (Fsp3) is 0.444. The number of anilines is 1. The summed E-state index contributed by atoms with van der Waals surface area (Å²) in [5.74, 6) is 5.32. The van der Waals surface area contributed by atoms with Gasteiger partial charge in [-0.1, -0.05) is 6.92 Å². The maximum absolute atomic E-state index is 10.8. The molecule has 0 aliphatic rings. The third-order valence-corrected chi connectivity index (χ3v) is 2.07. The molecule has 0 fully saturated rings. The van der Waals surface area contributed by atoms with Gasteiger partial charge >= 0.3 is 0 Å². The number of carbonyl (C=O) groups is 1. The lowest BCUT2D eigenvalue weighted by Crippen LogP contribution is -2.33. The van der Waals surface area contributed by atoms with E-state index < -0.39 is 0 Å². The van der Waals surface area contributed by atoms with Gasteiger partial charge in [0.25, 0.3) is 0 Å². The molecule has 16 heavy (non-hydrogen) atoms. The molecule has 0 aromatic carbocycles. The zero-order valence-corrected chi connectivity index (χ0v) is 9.18. The predicted molar refractivity (Wildman–Crippen MR) is 60.0 cm³/mol. The van der Waals surface area contributed by atoms with E-state index in [4.69, 9.17) is 11.6 Å². The number of rotatable bonds is 6. The van der Waals surface area contributed by atoms with Crippen molar-refractivity contribution in [2.24, 2.45) is 11.6 Å². The minimum Gasteiger partial charge on any atom is -0.369 e. The Kier molecular flexibility index (Phi) is 4.62. The number of primary amides is 1. The standard InChI is InChI=1S/C9H16N6O/c1-2-15(6-8(10)16)5-7-3-13-9(14-11)4-12-7/h3-4H,2,5-6,11H2,1H3,(H2,10,16)(H,13,14). The van der Waals surface area contributed by atoms with Crippen LogP contribution in [0.1, 0.15) is 12.6 Å². The molecule has 0 atom stereocenters. The third-order valence-electron chi connectivity index (χ3n) is 2.07. The van der Waals surface area contributed by atoms with Crippen LogP contribution in [0.25, 0.3) is 0 Å². The SMILES string of the molecule is CCN(CC(N)=O)Cc1cnc(NN)cn1. The van der Waals surface area contributed by atoms with E-state index in [9.17, 15) is 4.79 Å². The molecule has 0 saturated carbocycles. The smallest absolute Gasteiger partial charge is 0.231 e. The van der Waals surface area contributed by atoms with Crippen molar-refractivity contribution in [2.45, 2.75) is 13.5 Å². The molecular formula is C9H16N6O. The van der Waals surface area contributed by atoms with Gasteiger partial charge in [0.05, 0.1) is 24.6 Å². The summed E-state index contributed by atoms with van der Waals surface area (Å²) in [5, 5.41) is 0. The van der Waals surface area contributed by atoms with E-state index in [1.54, 1.807) is 6.20 Å². The lowest BCUT2D eigenvalue weighted by atomic mass is 10.3. The van der Waals surface area contributed by atoms with Gasteiger partial charge in [0, 0.05) is 6.54 Å². The number of hydrogen-bond acceptors (Lipinski definition) is 6. The molecule has 0 unspecified atom stereocenters. The highest BCUT2D eigenvalue weighted by Crippen LogP contribution is 2.02. The van der Waals surface area contributed by atoms with Crippen LogP contribution < -0.4 is 17.0 Å². The summed E-state index contributed by atoms with van der Waals surface area (Å²) in [6.07, 6.45) is 3.15. The van der Waals surface area contributed by atoms with Crippen LogP contribution in [0, 0.1) is 0 Å². The molecule has 0 spiro atoms. The maximum Gasteiger partial charge on any atom is 0.231 e. The molecule has 1 heterocycles.